The summed E-state index contributed by atoms with van der Waals surface area (Å²) < 4.78 is 5.42. The Bertz CT molecular complexity index is 636. The highest BCUT2D eigenvalue weighted by Crippen LogP contribution is 2.25. The van der Waals surface area contributed by atoms with Crippen LogP contribution in [0.1, 0.15) is 37.3 Å². The van der Waals surface area contributed by atoms with Gasteiger partial charge in [-0.15, -0.1) is 11.3 Å². The van der Waals surface area contributed by atoms with Gasteiger partial charge in [0, 0.05) is 29.3 Å². The average molecular weight is 332 g/mol. The second kappa shape index (κ2) is 8.02. The second-order valence-electron chi connectivity index (χ2n) is 5.36. The molecular weight excluding hydrogens is 308 g/mol. The number of carbonyl (C=O) groups excluding carboxylic acids is 1. The van der Waals surface area contributed by atoms with E-state index in [2.05, 4.69) is 30.1 Å². The minimum Gasteiger partial charge on any atom is -0.441 e. The summed E-state index contributed by atoms with van der Waals surface area (Å²) in [6.45, 7) is 10.1. The highest BCUT2D eigenvalue weighted by atomic mass is 32.1. The smallest absolute Gasteiger partial charge is 0.412 e. The molecule has 0 aliphatic carbocycles. The van der Waals surface area contributed by atoms with Crippen LogP contribution < -0.4 is 10.2 Å². The van der Waals surface area contributed by atoms with Crippen molar-refractivity contribution in [3.63, 3.8) is 0 Å². The first-order valence-electron chi connectivity index (χ1n) is 7.91. The summed E-state index contributed by atoms with van der Waals surface area (Å²) in [5, 5.41) is 4.81. The summed E-state index contributed by atoms with van der Waals surface area (Å²) in [4.78, 5) is 15.4. The number of carbonyl (C=O) groups is 1. The summed E-state index contributed by atoms with van der Waals surface area (Å²) in [6.07, 6.45) is -0.671. The van der Waals surface area contributed by atoms with E-state index in [0.717, 1.165) is 29.2 Å². The van der Waals surface area contributed by atoms with E-state index in [4.69, 9.17) is 4.74 Å². The molecule has 1 atom stereocenters. The maximum absolute atomic E-state index is 12.1. The molecule has 1 amide bonds. The van der Waals surface area contributed by atoms with E-state index in [1.54, 1.807) is 11.3 Å². The molecule has 0 saturated carbocycles. The number of amides is 1. The van der Waals surface area contributed by atoms with Gasteiger partial charge in [-0.05, 0) is 62.9 Å². The van der Waals surface area contributed by atoms with Gasteiger partial charge in [-0.25, -0.2) is 4.79 Å². The number of rotatable bonds is 6. The average Bonchev–Trinajstić information content (AvgIpc) is 3.05. The number of benzene rings is 1. The van der Waals surface area contributed by atoms with Gasteiger partial charge in [0.1, 0.15) is 6.10 Å². The maximum Gasteiger partial charge on any atom is 0.412 e. The van der Waals surface area contributed by atoms with Crippen LogP contribution in [0.5, 0.6) is 0 Å². The van der Waals surface area contributed by atoms with Crippen molar-refractivity contribution in [3.8, 4) is 0 Å². The third-order valence-corrected chi connectivity index (χ3v) is 4.84. The zero-order valence-corrected chi connectivity index (χ0v) is 14.9. The number of hydrogen-bond acceptors (Lipinski definition) is 4. The van der Waals surface area contributed by atoms with E-state index in [1.807, 2.05) is 43.5 Å². The van der Waals surface area contributed by atoms with Crippen LogP contribution in [0.4, 0.5) is 16.2 Å². The molecular formula is C18H24N2O2S. The van der Waals surface area contributed by atoms with Gasteiger partial charge in [-0.2, -0.15) is 0 Å². The van der Waals surface area contributed by atoms with Crippen LogP contribution in [-0.2, 0) is 4.74 Å². The molecule has 1 heterocycles. The molecule has 0 saturated heterocycles. The van der Waals surface area contributed by atoms with Crippen LogP contribution >= 0.6 is 11.3 Å². The minimum atomic E-state index is -0.426. The Labute approximate surface area is 142 Å². The van der Waals surface area contributed by atoms with Gasteiger partial charge in [-0.1, -0.05) is 6.07 Å². The van der Waals surface area contributed by atoms with Crippen molar-refractivity contribution in [3.05, 3.63) is 46.2 Å². The van der Waals surface area contributed by atoms with Gasteiger partial charge in [0.05, 0.1) is 0 Å². The molecule has 5 heteroatoms. The van der Waals surface area contributed by atoms with Crippen LogP contribution in [0.2, 0.25) is 0 Å². The first-order chi connectivity index (χ1) is 11.0. The lowest BCUT2D eigenvalue weighted by atomic mass is 10.1. The van der Waals surface area contributed by atoms with Gasteiger partial charge >= 0.3 is 6.09 Å². The van der Waals surface area contributed by atoms with E-state index in [0.29, 0.717) is 0 Å². The summed E-state index contributed by atoms with van der Waals surface area (Å²) in [7, 11) is 0. The number of hydrogen-bond donors (Lipinski definition) is 1. The van der Waals surface area contributed by atoms with Crippen molar-refractivity contribution >= 4 is 28.8 Å². The van der Waals surface area contributed by atoms with Crippen molar-refractivity contribution in [2.24, 2.45) is 0 Å². The second-order valence-corrected chi connectivity index (χ2v) is 6.34. The highest BCUT2D eigenvalue weighted by Gasteiger charge is 2.14. The number of thiophene rings is 1. The molecule has 23 heavy (non-hydrogen) atoms. The van der Waals surface area contributed by atoms with Crippen molar-refractivity contribution in [1.82, 2.24) is 0 Å². The number of nitrogens with one attached hydrogen (secondary N) is 1. The van der Waals surface area contributed by atoms with Gasteiger partial charge in [0.25, 0.3) is 0 Å². The summed E-state index contributed by atoms with van der Waals surface area (Å²) >= 11 is 1.58. The molecule has 1 aromatic carbocycles. The summed E-state index contributed by atoms with van der Waals surface area (Å²) in [5.74, 6) is 0. The zero-order valence-electron chi connectivity index (χ0n) is 14.1. The lowest BCUT2D eigenvalue weighted by molar-refractivity contribution is 0.123. The van der Waals surface area contributed by atoms with Crippen LogP contribution in [0.25, 0.3) is 0 Å². The van der Waals surface area contributed by atoms with E-state index >= 15 is 0 Å². The fraction of sp³-hybridized carbons (Fsp3) is 0.389. The quantitative estimate of drug-likeness (QED) is 0.789. The van der Waals surface area contributed by atoms with Crippen LogP contribution in [0, 0.1) is 6.92 Å². The van der Waals surface area contributed by atoms with Gasteiger partial charge in [0.2, 0.25) is 0 Å². The minimum absolute atomic E-state index is 0.245. The molecule has 0 radical (unpaired) electrons. The Balaban J connectivity index is 2.01. The van der Waals surface area contributed by atoms with E-state index < -0.39 is 6.09 Å². The molecule has 0 aliphatic rings. The number of nitrogens with zero attached hydrogens (tertiary/aromatic N) is 1. The van der Waals surface area contributed by atoms with Crippen LogP contribution in [-0.4, -0.2) is 19.2 Å². The van der Waals surface area contributed by atoms with Crippen molar-refractivity contribution in [2.75, 3.05) is 23.3 Å². The lowest BCUT2D eigenvalue weighted by Gasteiger charge is -2.22. The molecule has 0 fully saturated rings. The van der Waals surface area contributed by atoms with E-state index in [-0.39, 0.29) is 6.10 Å². The van der Waals surface area contributed by atoms with Crippen molar-refractivity contribution in [1.29, 1.82) is 0 Å². The Morgan fingerprint density at radius 1 is 1.30 bits per heavy atom. The third-order valence-electron chi connectivity index (χ3n) is 3.80. The van der Waals surface area contributed by atoms with E-state index in [1.165, 1.54) is 5.69 Å². The summed E-state index contributed by atoms with van der Waals surface area (Å²) in [5.41, 5.74) is 2.97. The predicted octanol–water partition coefficient (Wildman–Crippen LogP) is 5.21. The molecule has 0 spiro atoms. The molecule has 1 N–H and O–H groups in total. The van der Waals surface area contributed by atoms with Crippen molar-refractivity contribution < 1.29 is 9.53 Å². The summed E-state index contributed by atoms with van der Waals surface area (Å²) in [6, 6.07) is 9.96. The van der Waals surface area contributed by atoms with Gasteiger partial charge in [-0.3, -0.25) is 5.32 Å². The van der Waals surface area contributed by atoms with Gasteiger partial charge < -0.3 is 9.64 Å². The monoisotopic (exact) mass is 332 g/mol. The van der Waals surface area contributed by atoms with Gasteiger partial charge in [0.15, 0.2) is 0 Å². The number of anilines is 2. The Hall–Kier alpha value is -2.01. The molecule has 124 valence electrons. The fourth-order valence-corrected chi connectivity index (χ4v) is 3.17. The molecule has 1 unspecified atom stereocenters. The number of aryl methyl sites for hydroxylation is 1. The van der Waals surface area contributed by atoms with Crippen LogP contribution in [0.3, 0.4) is 0 Å². The molecule has 0 aliphatic heterocycles. The normalized spacial score (nSPS) is 11.8. The molecule has 2 aromatic rings. The largest absolute Gasteiger partial charge is 0.441 e. The highest BCUT2D eigenvalue weighted by molar-refractivity contribution is 7.10. The topological polar surface area (TPSA) is 41.6 Å². The lowest BCUT2D eigenvalue weighted by Crippen LogP contribution is -2.22. The maximum atomic E-state index is 12.1. The first kappa shape index (κ1) is 17.3. The first-order valence-corrected chi connectivity index (χ1v) is 8.79. The molecule has 2 rings (SSSR count). The molecule has 1 aromatic heterocycles. The Morgan fingerprint density at radius 3 is 2.61 bits per heavy atom. The van der Waals surface area contributed by atoms with E-state index in [9.17, 15) is 4.79 Å². The Kier molecular flexibility index (Phi) is 6.04. The zero-order chi connectivity index (χ0) is 16.8. The molecule has 4 nitrogen and oxygen atoms in total. The molecule has 0 bridgehead atoms. The fourth-order valence-electron chi connectivity index (χ4n) is 2.45. The predicted molar refractivity (Wildman–Crippen MR) is 97.6 cm³/mol. The Morgan fingerprint density at radius 2 is 2.04 bits per heavy atom. The number of ether oxygens (including phenoxy) is 1. The van der Waals surface area contributed by atoms with Crippen LogP contribution in [0.15, 0.2) is 35.7 Å². The van der Waals surface area contributed by atoms with Crippen molar-refractivity contribution in [2.45, 2.75) is 33.8 Å². The third kappa shape index (κ3) is 4.48. The standard InChI is InChI=1S/C18H24N2O2S/c1-5-20(6-2)15-9-10-16(13(3)12-15)19-18(21)22-14(4)17-8-7-11-23-17/h7-12,14H,5-6H2,1-4H3,(H,19,21). The SMILES string of the molecule is CCN(CC)c1ccc(NC(=O)OC(C)c2cccs2)c(C)c1.